The van der Waals surface area contributed by atoms with Crippen LogP contribution in [-0.4, -0.2) is 43.0 Å². The molecule has 0 spiro atoms. The first-order chi connectivity index (χ1) is 12.9. The maximum Gasteiger partial charge on any atom is 0.416 e. The third-order valence-electron chi connectivity index (χ3n) is 4.89. The predicted octanol–water partition coefficient (Wildman–Crippen LogP) is 3.09. The summed E-state index contributed by atoms with van der Waals surface area (Å²) in [4.78, 5) is 27.2. The van der Waals surface area contributed by atoms with E-state index in [2.05, 4.69) is 5.32 Å². The summed E-state index contributed by atoms with van der Waals surface area (Å²) in [5.74, 6) is -1.45. The summed E-state index contributed by atoms with van der Waals surface area (Å²) < 4.78 is 43.2. The van der Waals surface area contributed by atoms with Crippen molar-refractivity contribution >= 4 is 17.5 Å². The largest absolute Gasteiger partial charge is 0.416 e. The average Bonchev–Trinajstić information content (AvgIpc) is 2.68. The van der Waals surface area contributed by atoms with Gasteiger partial charge in [0.1, 0.15) is 0 Å². The van der Waals surface area contributed by atoms with Gasteiger partial charge < -0.3 is 15.0 Å². The lowest BCUT2D eigenvalue weighted by Crippen LogP contribution is -2.47. The minimum Gasteiger partial charge on any atom is -0.378 e. The number of halogens is 3. The van der Waals surface area contributed by atoms with Crippen molar-refractivity contribution in [3.8, 4) is 0 Å². The Bertz CT molecular complexity index is 710. The lowest BCUT2D eigenvalue weighted by atomic mass is 9.81. The lowest BCUT2D eigenvalue weighted by molar-refractivity contribution is -0.144. The molecule has 1 N–H and O–H groups in total. The van der Waals surface area contributed by atoms with Gasteiger partial charge in [0.2, 0.25) is 11.8 Å². The van der Waals surface area contributed by atoms with Gasteiger partial charge in [-0.15, -0.1) is 0 Å². The van der Waals surface area contributed by atoms with E-state index in [1.165, 1.54) is 12.1 Å². The molecule has 1 saturated heterocycles. The number of amides is 2. The van der Waals surface area contributed by atoms with Crippen molar-refractivity contribution in [1.29, 1.82) is 0 Å². The number of carbonyl (C=O) groups excluding carboxylic acids is 2. The standard InChI is InChI=1S/C19H21F3N2O3/c20-19(21,22)13-5-7-14(8-6-13)23-17(25)15-3-1-2-4-16(15)18(26)24-9-11-27-12-10-24/h1-2,5-8,15-16H,3-4,9-12H2,(H,23,25). The van der Waals surface area contributed by atoms with Crippen molar-refractivity contribution < 1.29 is 27.5 Å². The Morgan fingerprint density at radius 3 is 2.19 bits per heavy atom. The second kappa shape index (κ2) is 8.12. The summed E-state index contributed by atoms with van der Waals surface area (Å²) in [6.45, 7) is 1.98. The highest BCUT2D eigenvalue weighted by atomic mass is 19.4. The number of benzene rings is 1. The molecule has 1 aliphatic carbocycles. The maximum absolute atomic E-state index is 12.8. The summed E-state index contributed by atoms with van der Waals surface area (Å²) in [5.41, 5.74) is -0.499. The number of ether oxygens (including phenoxy) is 1. The molecule has 0 saturated carbocycles. The van der Waals surface area contributed by atoms with Gasteiger partial charge in [0.15, 0.2) is 0 Å². The molecule has 2 unspecified atom stereocenters. The predicted molar refractivity (Wildman–Crippen MR) is 92.8 cm³/mol. The fourth-order valence-electron chi connectivity index (χ4n) is 3.37. The number of hydrogen-bond acceptors (Lipinski definition) is 3. The Kier molecular flexibility index (Phi) is 5.84. The fraction of sp³-hybridized carbons (Fsp3) is 0.474. The summed E-state index contributed by atoms with van der Waals surface area (Å²) in [6, 6.07) is 4.29. The molecule has 2 amide bonds. The Balaban J connectivity index is 1.68. The number of nitrogens with one attached hydrogen (secondary N) is 1. The van der Waals surface area contributed by atoms with Crippen molar-refractivity contribution in [3.63, 3.8) is 0 Å². The molecule has 0 bridgehead atoms. The van der Waals surface area contributed by atoms with Crippen molar-refractivity contribution in [2.75, 3.05) is 31.6 Å². The monoisotopic (exact) mass is 382 g/mol. The van der Waals surface area contributed by atoms with Gasteiger partial charge >= 0.3 is 6.18 Å². The molecule has 8 heteroatoms. The van der Waals surface area contributed by atoms with E-state index >= 15 is 0 Å². The zero-order chi connectivity index (χ0) is 19.4. The summed E-state index contributed by atoms with van der Waals surface area (Å²) in [6.07, 6.45) is 0.228. The molecule has 1 aromatic rings. The summed E-state index contributed by atoms with van der Waals surface area (Å²) in [7, 11) is 0. The molecular formula is C19H21F3N2O3. The SMILES string of the molecule is O=C(Nc1ccc(C(F)(F)F)cc1)C1CC=CCC1C(=O)N1CCOCC1. The first-order valence-electron chi connectivity index (χ1n) is 8.86. The molecule has 27 heavy (non-hydrogen) atoms. The van der Waals surface area contributed by atoms with E-state index in [4.69, 9.17) is 4.74 Å². The fourth-order valence-corrected chi connectivity index (χ4v) is 3.37. The van der Waals surface area contributed by atoms with Gasteiger partial charge in [-0.2, -0.15) is 13.2 Å². The molecule has 0 radical (unpaired) electrons. The van der Waals surface area contributed by atoms with Crippen LogP contribution in [0.1, 0.15) is 18.4 Å². The smallest absolute Gasteiger partial charge is 0.378 e. The van der Waals surface area contributed by atoms with Crippen LogP contribution >= 0.6 is 0 Å². The van der Waals surface area contributed by atoms with Crippen molar-refractivity contribution in [2.24, 2.45) is 11.8 Å². The maximum atomic E-state index is 12.8. The van der Waals surface area contributed by atoms with Crippen LogP contribution in [0.5, 0.6) is 0 Å². The molecule has 2 atom stereocenters. The van der Waals surface area contributed by atoms with Crippen LogP contribution in [0.3, 0.4) is 0 Å². The molecule has 5 nitrogen and oxygen atoms in total. The summed E-state index contributed by atoms with van der Waals surface area (Å²) in [5, 5.41) is 2.64. The summed E-state index contributed by atoms with van der Waals surface area (Å²) >= 11 is 0. The van der Waals surface area contributed by atoms with Gasteiger partial charge in [-0.3, -0.25) is 9.59 Å². The lowest BCUT2D eigenvalue weighted by Gasteiger charge is -2.34. The molecular weight excluding hydrogens is 361 g/mol. The normalized spacial score (nSPS) is 23.1. The number of carbonyl (C=O) groups is 2. The Hall–Kier alpha value is -2.35. The van der Waals surface area contributed by atoms with Gasteiger partial charge in [0.25, 0.3) is 0 Å². The quantitative estimate of drug-likeness (QED) is 0.818. The molecule has 2 aliphatic rings. The Morgan fingerprint density at radius 2 is 1.59 bits per heavy atom. The minimum absolute atomic E-state index is 0.0739. The molecule has 1 heterocycles. The van der Waals surface area contributed by atoms with Crippen LogP contribution in [0, 0.1) is 11.8 Å². The van der Waals surface area contributed by atoms with Crippen LogP contribution in [0.4, 0.5) is 18.9 Å². The van der Waals surface area contributed by atoms with Gasteiger partial charge in [0, 0.05) is 18.8 Å². The van der Waals surface area contributed by atoms with E-state index in [1.54, 1.807) is 4.90 Å². The first-order valence-corrected chi connectivity index (χ1v) is 8.86. The molecule has 1 aliphatic heterocycles. The van der Waals surface area contributed by atoms with E-state index in [0.717, 1.165) is 12.1 Å². The Morgan fingerprint density at radius 1 is 1.00 bits per heavy atom. The van der Waals surface area contributed by atoms with Gasteiger partial charge in [0.05, 0.1) is 30.6 Å². The van der Waals surface area contributed by atoms with Crippen molar-refractivity contribution in [1.82, 2.24) is 4.90 Å². The number of nitrogens with zero attached hydrogens (tertiary/aromatic N) is 1. The molecule has 1 aromatic carbocycles. The van der Waals surface area contributed by atoms with E-state index in [-0.39, 0.29) is 17.5 Å². The zero-order valence-electron chi connectivity index (χ0n) is 14.7. The number of alkyl halides is 3. The third kappa shape index (κ3) is 4.68. The van der Waals surface area contributed by atoms with Crippen LogP contribution in [-0.2, 0) is 20.5 Å². The average molecular weight is 382 g/mol. The van der Waals surface area contributed by atoms with Gasteiger partial charge in [-0.05, 0) is 37.1 Å². The van der Waals surface area contributed by atoms with Gasteiger partial charge in [-0.1, -0.05) is 12.2 Å². The van der Waals surface area contributed by atoms with Crippen LogP contribution in [0.25, 0.3) is 0 Å². The minimum atomic E-state index is -4.42. The number of rotatable bonds is 3. The van der Waals surface area contributed by atoms with E-state index in [0.29, 0.717) is 39.1 Å². The van der Waals surface area contributed by atoms with E-state index < -0.39 is 23.6 Å². The number of anilines is 1. The number of morpholine rings is 1. The second-order valence-corrected chi connectivity index (χ2v) is 6.66. The molecule has 0 aromatic heterocycles. The number of allylic oxidation sites excluding steroid dienone is 2. The zero-order valence-corrected chi connectivity index (χ0v) is 14.7. The second-order valence-electron chi connectivity index (χ2n) is 6.66. The van der Waals surface area contributed by atoms with E-state index in [1.807, 2.05) is 12.2 Å². The highest BCUT2D eigenvalue weighted by Gasteiger charge is 2.37. The van der Waals surface area contributed by atoms with Crippen LogP contribution < -0.4 is 5.32 Å². The first kappa shape index (κ1) is 19.4. The molecule has 146 valence electrons. The van der Waals surface area contributed by atoms with Gasteiger partial charge in [-0.25, -0.2) is 0 Å². The van der Waals surface area contributed by atoms with Crippen molar-refractivity contribution in [2.45, 2.75) is 19.0 Å². The van der Waals surface area contributed by atoms with Crippen LogP contribution in [0.2, 0.25) is 0 Å². The highest BCUT2D eigenvalue weighted by molar-refractivity contribution is 5.96. The Labute approximate surface area is 155 Å². The molecule has 3 rings (SSSR count). The molecule has 1 fully saturated rings. The number of hydrogen-bond donors (Lipinski definition) is 1. The third-order valence-corrected chi connectivity index (χ3v) is 4.89. The highest BCUT2D eigenvalue weighted by Crippen LogP contribution is 2.31. The van der Waals surface area contributed by atoms with Crippen molar-refractivity contribution in [3.05, 3.63) is 42.0 Å². The van der Waals surface area contributed by atoms with Crippen LogP contribution in [0.15, 0.2) is 36.4 Å². The topological polar surface area (TPSA) is 58.6 Å². The van der Waals surface area contributed by atoms with E-state index in [9.17, 15) is 22.8 Å².